The molecule has 2 aromatic rings. The van der Waals surface area contributed by atoms with E-state index in [1.807, 2.05) is 0 Å². The summed E-state index contributed by atoms with van der Waals surface area (Å²) in [6.45, 7) is 10.6. The molecular formula is C23H30ClFN4. The van der Waals surface area contributed by atoms with Gasteiger partial charge in [-0.3, -0.25) is 0 Å². The topological polar surface area (TPSA) is 41.0 Å². The minimum Gasteiger partial charge on any atom is -0.351 e. The van der Waals surface area contributed by atoms with Gasteiger partial charge in [0.15, 0.2) is 0 Å². The van der Waals surface area contributed by atoms with E-state index in [-0.39, 0.29) is 5.82 Å². The summed E-state index contributed by atoms with van der Waals surface area (Å²) in [5.74, 6) is 1.87. The van der Waals surface area contributed by atoms with Crippen LogP contribution < -0.4 is 5.32 Å². The number of anilines is 1. The largest absolute Gasteiger partial charge is 0.351 e. The molecule has 4 rings (SSSR count). The van der Waals surface area contributed by atoms with Gasteiger partial charge in [-0.2, -0.15) is 0 Å². The quantitative estimate of drug-likeness (QED) is 0.699. The number of rotatable bonds is 5. The minimum absolute atomic E-state index is 0.319. The first-order chi connectivity index (χ1) is 13.8. The molecule has 2 heterocycles. The zero-order valence-corrected chi connectivity index (χ0v) is 18.2. The summed E-state index contributed by atoms with van der Waals surface area (Å²) in [5.41, 5.74) is 1.74. The van der Waals surface area contributed by atoms with Crippen LogP contribution in [-0.2, 0) is 0 Å². The Labute approximate surface area is 177 Å². The molecule has 4 nitrogen and oxygen atoms in total. The molecule has 1 aliphatic heterocycles. The Morgan fingerprint density at radius 2 is 1.79 bits per heavy atom. The van der Waals surface area contributed by atoms with Gasteiger partial charge in [0.1, 0.15) is 5.82 Å². The molecule has 6 heteroatoms. The molecule has 2 aliphatic rings. The van der Waals surface area contributed by atoms with Gasteiger partial charge in [0.25, 0.3) is 0 Å². The monoisotopic (exact) mass is 416 g/mol. The molecule has 1 N–H and O–H groups in total. The van der Waals surface area contributed by atoms with Crippen molar-refractivity contribution < 1.29 is 4.39 Å². The van der Waals surface area contributed by atoms with Gasteiger partial charge in [0, 0.05) is 47.7 Å². The normalized spacial score (nSPS) is 24.7. The maximum absolute atomic E-state index is 13.5. The highest BCUT2D eigenvalue weighted by Gasteiger charge is 2.40. The van der Waals surface area contributed by atoms with E-state index in [0.717, 1.165) is 17.4 Å². The Hall–Kier alpha value is -1.72. The summed E-state index contributed by atoms with van der Waals surface area (Å²) in [4.78, 5) is 11.5. The van der Waals surface area contributed by atoms with Gasteiger partial charge in [-0.1, -0.05) is 32.4 Å². The summed E-state index contributed by atoms with van der Waals surface area (Å²) in [5, 5.41) is 3.99. The molecule has 1 aromatic heterocycles. The van der Waals surface area contributed by atoms with Crippen LogP contribution in [0.25, 0.3) is 11.1 Å². The van der Waals surface area contributed by atoms with Crippen LogP contribution in [0.5, 0.6) is 0 Å². The number of hydrogen-bond donors (Lipinski definition) is 1. The zero-order chi connectivity index (χ0) is 20.6. The van der Waals surface area contributed by atoms with E-state index in [2.05, 4.69) is 41.0 Å². The van der Waals surface area contributed by atoms with E-state index in [4.69, 9.17) is 11.6 Å². The molecule has 1 aromatic carbocycles. The summed E-state index contributed by atoms with van der Waals surface area (Å²) in [6.07, 6.45) is 7.03. The lowest BCUT2D eigenvalue weighted by Gasteiger charge is -2.24. The van der Waals surface area contributed by atoms with Gasteiger partial charge >= 0.3 is 0 Å². The lowest BCUT2D eigenvalue weighted by Crippen LogP contribution is -2.28. The standard InChI is InChI=1S/C23H30ClFN4/c1-23(2,3)6-7-29-13-15-8-19(9-16(15)14-29)28-22-26-11-17(12-27-22)20-10-18(25)4-5-21(20)24/h4-5,10-12,15-16,19H,6-9,13-14H2,1-3H3,(H,26,27,28). The Balaban J connectivity index is 1.31. The third-order valence-electron chi connectivity index (χ3n) is 6.23. The third kappa shape index (κ3) is 5.07. The van der Waals surface area contributed by atoms with Gasteiger partial charge in [0.2, 0.25) is 5.95 Å². The van der Waals surface area contributed by atoms with E-state index in [0.29, 0.717) is 28.0 Å². The number of fused-ring (bicyclic) bond motifs is 1. The molecule has 0 amide bonds. The predicted octanol–water partition coefficient (Wildman–Crippen LogP) is 5.49. The van der Waals surface area contributed by atoms with Crippen LogP contribution in [0.1, 0.15) is 40.0 Å². The molecule has 1 saturated carbocycles. The van der Waals surface area contributed by atoms with Crippen molar-refractivity contribution >= 4 is 17.5 Å². The second kappa shape index (κ2) is 8.19. The van der Waals surface area contributed by atoms with Crippen molar-refractivity contribution in [2.24, 2.45) is 17.3 Å². The fraction of sp³-hybridized carbons (Fsp3) is 0.565. The highest BCUT2D eigenvalue weighted by molar-refractivity contribution is 6.33. The summed E-state index contributed by atoms with van der Waals surface area (Å²) < 4.78 is 13.5. The maximum atomic E-state index is 13.5. The lowest BCUT2D eigenvalue weighted by molar-refractivity contribution is 0.250. The fourth-order valence-corrected chi connectivity index (χ4v) is 4.86. The van der Waals surface area contributed by atoms with Crippen molar-refractivity contribution in [3.05, 3.63) is 41.4 Å². The van der Waals surface area contributed by atoms with Crippen LogP contribution in [0.15, 0.2) is 30.6 Å². The third-order valence-corrected chi connectivity index (χ3v) is 6.56. The number of nitrogens with one attached hydrogen (secondary N) is 1. The summed E-state index contributed by atoms with van der Waals surface area (Å²) in [7, 11) is 0. The highest BCUT2D eigenvalue weighted by Crippen LogP contribution is 2.39. The first-order valence-corrected chi connectivity index (χ1v) is 10.9. The van der Waals surface area contributed by atoms with Crippen molar-refractivity contribution in [1.29, 1.82) is 0 Å². The Bertz CT molecular complexity index is 835. The second-order valence-electron chi connectivity index (χ2n) is 9.82. The van der Waals surface area contributed by atoms with Crippen LogP contribution in [-0.4, -0.2) is 40.5 Å². The number of hydrogen-bond acceptors (Lipinski definition) is 4. The highest BCUT2D eigenvalue weighted by atomic mass is 35.5. The zero-order valence-electron chi connectivity index (χ0n) is 17.5. The molecule has 0 radical (unpaired) electrons. The van der Waals surface area contributed by atoms with Gasteiger partial charge in [-0.05, 0) is 61.3 Å². The average molecular weight is 417 g/mol. The molecule has 2 atom stereocenters. The Kier molecular flexibility index (Phi) is 5.80. The summed E-state index contributed by atoms with van der Waals surface area (Å²) in [6, 6.07) is 4.75. The molecular weight excluding hydrogens is 387 g/mol. The smallest absolute Gasteiger partial charge is 0.222 e. The van der Waals surface area contributed by atoms with E-state index in [1.54, 1.807) is 18.5 Å². The van der Waals surface area contributed by atoms with E-state index in [1.165, 1.54) is 51.0 Å². The van der Waals surface area contributed by atoms with Crippen LogP contribution in [0, 0.1) is 23.1 Å². The van der Waals surface area contributed by atoms with Crippen LogP contribution in [0.4, 0.5) is 10.3 Å². The molecule has 2 unspecified atom stereocenters. The SMILES string of the molecule is CC(C)(C)CCN1CC2CC(Nc3ncc(-c4cc(F)ccc4Cl)cn3)CC2C1. The van der Waals surface area contributed by atoms with Crippen LogP contribution in [0.2, 0.25) is 5.02 Å². The number of benzene rings is 1. The number of likely N-dealkylation sites (tertiary alicyclic amines) is 1. The minimum atomic E-state index is -0.319. The van der Waals surface area contributed by atoms with Crippen molar-refractivity contribution in [3.8, 4) is 11.1 Å². The van der Waals surface area contributed by atoms with Crippen LogP contribution in [0.3, 0.4) is 0 Å². The van der Waals surface area contributed by atoms with Gasteiger partial charge in [-0.15, -0.1) is 0 Å². The predicted molar refractivity (Wildman–Crippen MR) is 117 cm³/mol. The Morgan fingerprint density at radius 1 is 1.14 bits per heavy atom. The van der Waals surface area contributed by atoms with E-state index >= 15 is 0 Å². The second-order valence-corrected chi connectivity index (χ2v) is 10.2. The molecule has 1 saturated heterocycles. The molecule has 1 aliphatic carbocycles. The first-order valence-electron chi connectivity index (χ1n) is 10.5. The molecule has 156 valence electrons. The molecule has 2 fully saturated rings. The first kappa shape index (κ1) is 20.5. The molecule has 0 bridgehead atoms. The van der Waals surface area contributed by atoms with Crippen LogP contribution >= 0.6 is 11.6 Å². The maximum Gasteiger partial charge on any atom is 0.222 e. The van der Waals surface area contributed by atoms with E-state index < -0.39 is 0 Å². The van der Waals surface area contributed by atoms with Gasteiger partial charge in [0.05, 0.1) is 0 Å². The fourth-order valence-electron chi connectivity index (χ4n) is 4.63. The van der Waals surface area contributed by atoms with E-state index in [9.17, 15) is 4.39 Å². The Morgan fingerprint density at radius 3 is 2.41 bits per heavy atom. The van der Waals surface area contributed by atoms with Crippen molar-refractivity contribution in [3.63, 3.8) is 0 Å². The molecule has 29 heavy (non-hydrogen) atoms. The average Bonchev–Trinajstić information content (AvgIpc) is 3.20. The van der Waals surface area contributed by atoms with Gasteiger partial charge in [-0.25, -0.2) is 14.4 Å². The summed E-state index contributed by atoms with van der Waals surface area (Å²) >= 11 is 6.18. The van der Waals surface area contributed by atoms with Crippen molar-refractivity contribution in [2.75, 3.05) is 25.0 Å². The molecule has 0 spiro atoms. The van der Waals surface area contributed by atoms with Gasteiger partial charge < -0.3 is 10.2 Å². The number of aromatic nitrogens is 2. The van der Waals surface area contributed by atoms with Crippen molar-refractivity contribution in [1.82, 2.24) is 14.9 Å². The van der Waals surface area contributed by atoms with Crippen molar-refractivity contribution in [2.45, 2.75) is 46.1 Å². The number of nitrogens with zero attached hydrogens (tertiary/aromatic N) is 3. The lowest BCUT2D eigenvalue weighted by atomic mass is 9.92. The number of halogens is 2.